The molecule has 0 unspecified atom stereocenters. The number of pyridine rings is 1. The molecular formula is C19H14ClF2N3O. The Balaban J connectivity index is 1.72. The third-order valence-corrected chi connectivity index (χ3v) is 4.01. The summed E-state index contributed by atoms with van der Waals surface area (Å²) in [5.41, 5.74) is 0.600. The Labute approximate surface area is 153 Å². The van der Waals surface area contributed by atoms with Gasteiger partial charge in [-0.1, -0.05) is 35.9 Å². The number of halogens is 3. The van der Waals surface area contributed by atoms with Crippen LogP contribution in [0.1, 0.15) is 15.9 Å². The van der Waals surface area contributed by atoms with Crippen LogP contribution in [0.3, 0.4) is 0 Å². The van der Waals surface area contributed by atoms with Crippen LogP contribution in [0.2, 0.25) is 5.02 Å². The molecule has 0 saturated carbocycles. The van der Waals surface area contributed by atoms with Gasteiger partial charge in [-0.25, -0.2) is 13.8 Å². The number of nitrogens with one attached hydrogen (secondary N) is 2. The molecule has 0 aliphatic rings. The van der Waals surface area contributed by atoms with Gasteiger partial charge in [-0.05, 0) is 35.9 Å². The summed E-state index contributed by atoms with van der Waals surface area (Å²) in [6.45, 7) is 0.416. The number of hydrogen-bond donors (Lipinski definition) is 2. The Morgan fingerprint density at radius 3 is 2.50 bits per heavy atom. The zero-order valence-electron chi connectivity index (χ0n) is 13.5. The van der Waals surface area contributed by atoms with Crippen LogP contribution in [-0.2, 0) is 6.54 Å². The van der Waals surface area contributed by atoms with Crippen LogP contribution in [0.4, 0.5) is 20.3 Å². The second kappa shape index (κ2) is 7.93. The fourth-order valence-electron chi connectivity index (χ4n) is 2.30. The summed E-state index contributed by atoms with van der Waals surface area (Å²) < 4.78 is 27.3. The van der Waals surface area contributed by atoms with E-state index in [1.807, 2.05) is 18.2 Å². The Morgan fingerprint density at radius 1 is 1.04 bits per heavy atom. The van der Waals surface area contributed by atoms with Crippen molar-refractivity contribution in [2.45, 2.75) is 6.54 Å². The smallest absolute Gasteiger partial charge is 0.256 e. The highest BCUT2D eigenvalue weighted by molar-refractivity contribution is 6.31. The van der Waals surface area contributed by atoms with Crippen molar-refractivity contribution in [3.05, 3.63) is 88.6 Å². The van der Waals surface area contributed by atoms with Gasteiger partial charge in [0.1, 0.15) is 23.1 Å². The van der Waals surface area contributed by atoms with Gasteiger partial charge in [0.15, 0.2) is 0 Å². The van der Waals surface area contributed by atoms with Crippen molar-refractivity contribution < 1.29 is 13.6 Å². The van der Waals surface area contributed by atoms with Gasteiger partial charge in [0.05, 0.1) is 0 Å². The van der Waals surface area contributed by atoms with Crippen molar-refractivity contribution in [2.75, 3.05) is 10.6 Å². The number of aromatic nitrogens is 1. The normalized spacial score (nSPS) is 10.4. The van der Waals surface area contributed by atoms with Crippen LogP contribution in [0.15, 0.2) is 60.8 Å². The van der Waals surface area contributed by atoms with Crippen LogP contribution in [0.5, 0.6) is 0 Å². The van der Waals surface area contributed by atoms with E-state index >= 15 is 0 Å². The summed E-state index contributed by atoms with van der Waals surface area (Å²) in [6, 6.07) is 13.7. The molecule has 0 radical (unpaired) electrons. The second-order valence-corrected chi connectivity index (χ2v) is 5.83. The maximum atomic E-state index is 13.7. The number of para-hydroxylation sites is 1. The van der Waals surface area contributed by atoms with Crippen molar-refractivity contribution >= 4 is 29.0 Å². The standard InChI is InChI=1S/C19H14ClF2N3O/c20-14-5-2-1-4-13(14)11-24-17-10-12(8-9-23-17)19(26)25-18-15(21)6-3-7-16(18)22/h1-10H,11H2,(H,23,24)(H,25,26). The Kier molecular flexibility index (Phi) is 5.43. The second-order valence-electron chi connectivity index (χ2n) is 5.43. The molecular weight excluding hydrogens is 360 g/mol. The maximum Gasteiger partial charge on any atom is 0.256 e. The molecule has 2 aromatic carbocycles. The summed E-state index contributed by atoms with van der Waals surface area (Å²) in [5, 5.41) is 5.91. The number of carbonyl (C=O) groups excluding carboxylic acids is 1. The molecule has 132 valence electrons. The van der Waals surface area contributed by atoms with Gasteiger partial charge in [-0.3, -0.25) is 4.79 Å². The first-order valence-corrected chi connectivity index (χ1v) is 8.11. The van der Waals surface area contributed by atoms with E-state index in [-0.39, 0.29) is 5.56 Å². The van der Waals surface area contributed by atoms with E-state index in [0.29, 0.717) is 17.4 Å². The third-order valence-electron chi connectivity index (χ3n) is 3.64. The lowest BCUT2D eigenvalue weighted by molar-refractivity contribution is 0.102. The van der Waals surface area contributed by atoms with Crippen LogP contribution in [-0.4, -0.2) is 10.9 Å². The van der Waals surface area contributed by atoms with E-state index < -0.39 is 23.2 Å². The van der Waals surface area contributed by atoms with Gasteiger partial charge in [-0.15, -0.1) is 0 Å². The molecule has 1 aromatic heterocycles. The quantitative estimate of drug-likeness (QED) is 0.670. The molecule has 26 heavy (non-hydrogen) atoms. The monoisotopic (exact) mass is 373 g/mol. The van der Waals surface area contributed by atoms with E-state index in [0.717, 1.165) is 17.7 Å². The van der Waals surface area contributed by atoms with Crippen LogP contribution < -0.4 is 10.6 Å². The van der Waals surface area contributed by atoms with E-state index in [9.17, 15) is 13.6 Å². The molecule has 0 atom stereocenters. The molecule has 3 rings (SSSR count). The fourth-order valence-corrected chi connectivity index (χ4v) is 2.50. The van der Waals surface area contributed by atoms with Crippen LogP contribution >= 0.6 is 11.6 Å². The molecule has 1 heterocycles. The first-order chi connectivity index (χ1) is 12.5. The predicted octanol–water partition coefficient (Wildman–Crippen LogP) is 4.88. The summed E-state index contributed by atoms with van der Waals surface area (Å²) in [7, 11) is 0. The number of anilines is 2. The molecule has 0 aliphatic carbocycles. The number of carbonyl (C=O) groups is 1. The van der Waals surface area contributed by atoms with Gasteiger partial charge in [0.25, 0.3) is 5.91 Å². The number of amides is 1. The Hall–Kier alpha value is -2.99. The molecule has 2 N–H and O–H groups in total. The van der Waals surface area contributed by atoms with Crippen molar-refractivity contribution in [3.8, 4) is 0 Å². The molecule has 1 amide bonds. The fraction of sp³-hybridized carbons (Fsp3) is 0.0526. The first kappa shape index (κ1) is 17.8. The average Bonchev–Trinajstić information content (AvgIpc) is 2.64. The molecule has 0 spiro atoms. The molecule has 3 aromatic rings. The van der Waals surface area contributed by atoms with Gasteiger partial charge in [0.2, 0.25) is 0 Å². The lowest BCUT2D eigenvalue weighted by Gasteiger charge is -2.10. The number of nitrogens with zero attached hydrogens (tertiary/aromatic N) is 1. The van der Waals surface area contributed by atoms with Crippen LogP contribution in [0, 0.1) is 11.6 Å². The molecule has 7 heteroatoms. The highest BCUT2D eigenvalue weighted by Gasteiger charge is 2.14. The summed E-state index contributed by atoms with van der Waals surface area (Å²) in [6.07, 6.45) is 1.43. The Morgan fingerprint density at radius 2 is 1.77 bits per heavy atom. The van der Waals surface area contributed by atoms with Crippen LogP contribution in [0.25, 0.3) is 0 Å². The lowest BCUT2D eigenvalue weighted by Crippen LogP contribution is -2.15. The van der Waals surface area contributed by atoms with Crippen molar-refractivity contribution in [1.82, 2.24) is 4.98 Å². The van der Waals surface area contributed by atoms with E-state index in [1.54, 1.807) is 6.07 Å². The minimum Gasteiger partial charge on any atom is -0.366 e. The lowest BCUT2D eigenvalue weighted by atomic mass is 10.2. The van der Waals surface area contributed by atoms with Gasteiger partial charge in [0, 0.05) is 23.3 Å². The van der Waals surface area contributed by atoms with Gasteiger partial charge < -0.3 is 10.6 Å². The van der Waals surface area contributed by atoms with Gasteiger partial charge >= 0.3 is 0 Å². The molecule has 0 bridgehead atoms. The number of benzene rings is 2. The molecule has 0 aliphatic heterocycles. The van der Waals surface area contributed by atoms with E-state index in [1.165, 1.54) is 24.4 Å². The third kappa shape index (κ3) is 4.15. The highest BCUT2D eigenvalue weighted by Crippen LogP contribution is 2.20. The largest absolute Gasteiger partial charge is 0.366 e. The highest BCUT2D eigenvalue weighted by atomic mass is 35.5. The number of hydrogen-bond acceptors (Lipinski definition) is 3. The van der Waals surface area contributed by atoms with Crippen molar-refractivity contribution in [1.29, 1.82) is 0 Å². The Bertz CT molecular complexity index is 929. The summed E-state index contributed by atoms with van der Waals surface area (Å²) >= 11 is 6.10. The predicted molar refractivity (Wildman–Crippen MR) is 97.3 cm³/mol. The average molecular weight is 374 g/mol. The topological polar surface area (TPSA) is 54.0 Å². The van der Waals surface area contributed by atoms with E-state index in [2.05, 4.69) is 15.6 Å². The van der Waals surface area contributed by atoms with Crippen molar-refractivity contribution in [2.24, 2.45) is 0 Å². The molecule has 0 saturated heterocycles. The minimum atomic E-state index is -0.843. The maximum absolute atomic E-state index is 13.7. The summed E-state index contributed by atoms with van der Waals surface area (Å²) in [5.74, 6) is -1.89. The SMILES string of the molecule is O=C(Nc1c(F)cccc1F)c1ccnc(NCc2ccccc2Cl)c1. The van der Waals surface area contributed by atoms with E-state index in [4.69, 9.17) is 11.6 Å². The molecule has 0 fully saturated rings. The zero-order chi connectivity index (χ0) is 18.5. The summed E-state index contributed by atoms with van der Waals surface area (Å²) in [4.78, 5) is 16.4. The minimum absolute atomic E-state index is 0.212. The first-order valence-electron chi connectivity index (χ1n) is 7.73. The van der Waals surface area contributed by atoms with Gasteiger partial charge in [-0.2, -0.15) is 0 Å². The number of rotatable bonds is 5. The molecule has 4 nitrogen and oxygen atoms in total. The zero-order valence-corrected chi connectivity index (χ0v) is 14.2. The van der Waals surface area contributed by atoms with Crippen molar-refractivity contribution in [3.63, 3.8) is 0 Å².